The van der Waals surface area contributed by atoms with E-state index in [4.69, 9.17) is 4.74 Å². The number of unbranched alkanes of at least 4 members (excludes halogenated alkanes) is 1. The summed E-state index contributed by atoms with van der Waals surface area (Å²) in [5.41, 5.74) is 0.147. The molecule has 0 bridgehead atoms. The number of ether oxygens (including phenoxy) is 1. The molecule has 4 heteroatoms. The SMILES string of the molecule is CCCCOC(=O)N1CCC2(C=CC(=O)CC2)CC1. The van der Waals surface area contributed by atoms with Gasteiger partial charge >= 0.3 is 6.09 Å². The number of allylic oxidation sites excluding steroid dienone is 2. The molecule has 1 aliphatic carbocycles. The number of ketones is 1. The van der Waals surface area contributed by atoms with Gasteiger partial charge in [-0.05, 0) is 37.2 Å². The van der Waals surface area contributed by atoms with Crippen LogP contribution in [-0.2, 0) is 9.53 Å². The van der Waals surface area contributed by atoms with Crippen LogP contribution in [0.25, 0.3) is 0 Å². The zero-order valence-electron chi connectivity index (χ0n) is 11.7. The van der Waals surface area contributed by atoms with Gasteiger partial charge in [-0.3, -0.25) is 4.79 Å². The lowest BCUT2D eigenvalue weighted by Crippen LogP contribution is -2.43. The topological polar surface area (TPSA) is 46.6 Å². The summed E-state index contributed by atoms with van der Waals surface area (Å²) in [4.78, 5) is 24.9. The van der Waals surface area contributed by atoms with Crippen LogP contribution >= 0.6 is 0 Å². The van der Waals surface area contributed by atoms with Gasteiger partial charge in [0.25, 0.3) is 0 Å². The highest BCUT2D eigenvalue weighted by Crippen LogP contribution is 2.39. The molecule has 0 unspecified atom stereocenters. The molecule has 106 valence electrons. The minimum atomic E-state index is -0.181. The van der Waals surface area contributed by atoms with Gasteiger partial charge in [-0.25, -0.2) is 4.79 Å². The van der Waals surface area contributed by atoms with E-state index in [1.807, 2.05) is 0 Å². The van der Waals surface area contributed by atoms with Crippen molar-refractivity contribution in [1.29, 1.82) is 0 Å². The first-order valence-corrected chi connectivity index (χ1v) is 7.29. The zero-order valence-corrected chi connectivity index (χ0v) is 11.7. The largest absolute Gasteiger partial charge is 0.449 e. The number of carbonyl (C=O) groups excluding carboxylic acids is 2. The van der Waals surface area contributed by atoms with Crippen LogP contribution < -0.4 is 0 Å². The lowest BCUT2D eigenvalue weighted by molar-refractivity contribution is -0.115. The number of rotatable bonds is 3. The van der Waals surface area contributed by atoms with Crippen molar-refractivity contribution in [2.24, 2.45) is 5.41 Å². The normalized spacial score (nSPS) is 21.7. The molecule has 1 aliphatic heterocycles. The molecule has 2 rings (SSSR count). The Kier molecular flexibility index (Phi) is 4.61. The van der Waals surface area contributed by atoms with E-state index in [-0.39, 0.29) is 17.3 Å². The molecular weight excluding hydrogens is 242 g/mol. The zero-order chi connectivity index (χ0) is 13.7. The summed E-state index contributed by atoms with van der Waals surface area (Å²) < 4.78 is 5.23. The van der Waals surface area contributed by atoms with Gasteiger partial charge in [-0.15, -0.1) is 0 Å². The summed E-state index contributed by atoms with van der Waals surface area (Å²) in [6.07, 6.45) is 9.04. The van der Waals surface area contributed by atoms with Crippen LogP contribution in [0, 0.1) is 5.41 Å². The molecule has 0 aromatic carbocycles. The Labute approximate surface area is 114 Å². The second-order valence-corrected chi connectivity index (χ2v) is 5.62. The van der Waals surface area contributed by atoms with E-state index < -0.39 is 0 Å². The second-order valence-electron chi connectivity index (χ2n) is 5.62. The molecule has 1 fully saturated rings. The predicted molar refractivity (Wildman–Crippen MR) is 72.9 cm³/mol. The minimum Gasteiger partial charge on any atom is -0.449 e. The molecule has 2 aliphatic rings. The van der Waals surface area contributed by atoms with Crippen LogP contribution in [0.2, 0.25) is 0 Å². The molecule has 4 nitrogen and oxygen atoms in total. The van der Waals surface area contributed by atoms with E-state index in [0.717, 1.165) is 45.2 Å². The van der Waals surface area contributed by atoms with Crippen molar-refractivity contribution in [2.45, 2.75) is 45.4 Å². The summed E-state index contributed by atoms with van der Waals surface area (Å²) >= 11 is 0. The highest BCUT2D eigenvalue weighted by atomic mass is 16.6. The van der Waals surface area contributed by atoms with Gasteiger partial charge in [0.15, 0.2) is 5.78 Å². The molecule has 0 aromatic heterocycles. The van der Waals surface area contributed by atoms with Crippen LogP contribution in [0.5, 0.6) is 0 Å². The third-order valence-electron chi connectivity index (χ3n) is 4.23. The van der Waals surface area contributed by atoms with Crippen molar-refractivity contribution in [2.75, 3.05) is 19.7 Å². The first-order valence-electron chi connectivity index (χ1n) is 7.29. The number of hydrogen-bond acceptors (Lipinski definition) is 3. The fourth-order valence-corrected chi connectivity index (χ4v) is 2.75. The van der Waals surface area contributed by atoms with Gasteiger partial charge < -0.3 is 9.64 Å². The van der Waals surface area contributed by atoms with E-state index >= 15 is 0 Å². The van der Waals surface area contributed by atoms with Crippen LogP contribution in [-0.4, -0.2) is 36.5 Å². The second kappa shape index (κ2) is 6.22. The fourth-order valence-electron chi connectivity index (χ4n) is 2.75. The Bertz CT molecular complexity index is 368. The monoisotopic (exact) mass is 265 g/mol. The summed E-state index contributed by atoms with van der Waals surface area (Å²) in [6, 6.07) is 0. The molecule has 1 heterocycles. The van der Waals surface area contributed by atoms with Gasteiger partial charge in [0.1, 0.15) is 0 Å². The lowest BCUT2D eigenvalue weighted by atomic mass is 9.72. The first kappa shape index (κ1) is 14.1. The smallest absolute Gasteiger partial charge is 0.409 e. The van der Waals surface area contributed by atoms with Gasteiger partial charge in [-0.2, -0.15) is 0 Å². The Morgan fingerprint density at radius 1 is 1.37 bits per heavy atom. The molecule has 0 atom stereocenters. The van der Waals surface area contributed by atoms with Gasteiger partial charge in [0.2, 0.25) is 0 Å². The number of carbonyl (C=O) groups is 2. The van der Waals surface area contributed by atoms with E-state index in [0.29, 0.717) is 13.0 Å². The van der Waals surface area contributed by atoms with Gasteiger partial charge in [0, 0.05) is 19.5 Å². The maximum absolute atomic E-state index is 11.8. The van der Waals surface area contributed by atoms with Gasteiger partial charge in [-0.1, -0.05) is 19.4 Å². The number of amides is 1. The molecule has 0 N–H and O–H groups in total. The Hall–Kier alpha value is -1.32. The molecule has 0 saturated carbocycles. The average molecular weight is 265 g/mol. The van der Waals surface area contributed by atoms with Crippen molar-refractivity contribution >= 4 is 11.9 Å². The van der Waals surface area contributed by atoms with Crippen molar-refractivity contribution < 1.29 is 14.3 Å². The Balaban J connectivity index is 1.80. The summed E-state index contributed by atoms with van der Waals surface area (Å²) in [5, 5.41) is 0. The fraction of sp³-hybridized carbons (Fsp3) is 0.733. The molecule has 19 heavy (non-hydrogen) atoms. The van der Waals surface area contributed by atoms with Crippen molar-refractivity contribution in [3.8, 4) is 0 Å². The molecule has 0 aromatic rings. The summed E-state index contributed by atoms with van der Waals surface area (Å²) in [7, 11) is 0. The van der Waals surface area contributed by atoms with Crippen LogP contribution in [0.3, 0.4) is 0 Å². The molecule has 1 spiro atoms. The van der Waals surface area contributed by atoms with Crippen LogP contribution in [0.4, 0.5) is 4.79 Å². The molecule has 1 saturated heterocycles. The van der Waals surface area contributed by atoms with Gasteiger partial charge in [0.05, 0.1) is 6.61 Å². The lowest BCUT2D eigenvalue weighted by Gasteiger charge is -2.40. The first-order chi connectivity index (χ1) is 9.15. The highest BCUT2D eigenvalue weighted by Gasteiger charge is 2.36. The van der Waals surface area contributed by atoms with Crippen LogP contribution in [0.1, 0.15) is 45.4 Å². The van der Waals surface area contributed by atoms with Crippen molar-refractivity contribution in [3.05, 3.63) is 12.2 Å². The number of nitrogens with zero attached hydrogens (tertiary/aromatic N) is 1. The third-order valence-corrected chi connectivity index (χ3v) is 4.23. The summed E-state index contributed by atoms with van der Waals surface area (Å²) in [6.45, 7) is 4.08. The number of likely N-dealkylation sites (tertiary alicyclic amines) is 1. The number of piperidine rings is 1. The maximum atomic E-state index is 11.8. The Morgan fingerprint density at radius 2 is 2.11 bits per heavy atom. The Morgan fingerprint density at radius 3 is 2.68 bits per heavy atom. The third kappa shape index (κ3) is 3.58. The maximum Gasteiger partial charge on any atom is 0.409 e. The quantitative estimate of drug-likeness (QED) is 0.737. The standard InChI is InChI=1S/C15H23NO3/c1-2-3-12-19-14(18)16-10-8-15(9-11-16)6-4-13(17)5-7-15/h4,6H,2-3,5,7-12H2,1H3. The van der Waals surface area contributed by atoms with E-state index in [1.165, 1.54) is 0 Å². The molecule has 1 amide bonds. The van der Waals surface area contributed by atoms with E-state index in [9.17, 15) is 9.59 Å². The van der Waals surface area contributed by atoms with E-state index in [2.05, 4.69) is 13.0 Å². The molecular formula is C15H23NO3. The molecule has 0 radical (unpaired) electrons. The average Bonchev–Trinajstić information content (AvgIpc) is 2.43. The van der Waals surface area contributed by atoms with Crippen molar-refractivity contribution in [1.82, 2.24) is 4.90 Å². The van der Waals surface area contributed by atoms with E-state index in [1.54, 1.807) is 11.0 Å². The highest BCUT2D eigenvalue weighted by molar-refractivity contribution is 5.90. The minimum absolute atomic E-state index is 0.147. The van der Waals surface area contributed by atoms with Crippen LogP contribution in [0.15, 0.2) is 12.2 Å². The number of hydrogen-bond donors (Lipinski definition) is 0. The predicted octanol–water partition coefficient (Wildman–Crippen LogP) is 2.92. The summed E-state index contributed by atoms with van der Waals surface area (Å²) in [5.74, 6) is 0.229. The van der Waals surface area contributed by atoms with Crippen molar-refractivity contribution in [3.63, 3.8) is 0 Å².